The van der Waals surface area contributed by atoms with Crippen LogP contribution >= 0.6 is 0 Å². The summed E-state index contributed by atoms with van der Waals surface area (Å²) < 4.78 is 12.5. The maximum absolute atomic E-state index is 6.28. The lowest BCUT2D eigenvalue weighted by Crippen LogP contribution is -2.00. The minimum absolute atomic E-state index is 0.570. The molecular weight excluding hydrogens is 615 g/mol. The van der Waals surface area contributed by atoms with Crippen molar-refractivity contribution in [2.45, 2.75) is 0 Å². The summed E-state index contributed by atoms with van der Waals surface area (Å²) in [6.07, 6.45) is 0. The van der Waals surface area contributed by atoms with Crippen LogP contribution in [0.5, 0.6) is 0 Å². The van der Waals surface area contributed by atoms with Crippen LogP contribution in [0.25, 0.3) is 110 Å². The molecule has 0 fully saturated rings. The molecule has 3 aromatic heterocycles. The Morgan fingerprint density at radius 1 is 0.320 bits per heavy atom. The van der Waals surface area contributed by atoms with Crippen molar-refractivity contribution in [3.63, 3.8) is 0 Å². The van der Waals surface area contributed by atoms with Gasteiger partial charge in [0.2, 0.25) is 0 Å². The molecule has 3 heterocycles. The van der Waals surface area contributed by atoms with Crippen LogP contribution in [-0.4, -0.2) is 15.0 Å². The van der Waals surface area contributed by atoms with Crippen LogP contribution in [0, 0.1) is 0 Å². The molecule has 0 aliphatic carbocycles. The molecule has 0 saturated heterocycles. The molecule has 0 saturated carbocycles. The Morgan fingerprint density at radius 3 is 1.72 bits per heavy atom. The molecule has 0 aliphatic rings. The highest BCUT2D eigenvalue weighted by Gasteiger charge is 2.19. The molecule has 0 spiro atoms. The molecular formula is C45H25N3O2. The summed E-state index contributed by atoms with van der Waals surface area (Å²) in [6.45, 7) is 0. The summed E-state index contributed by atoms with van der Waals surface area (Å²) in [6, 6.07) is 52.3. The first-order valence-electron chi connectivity index (χ1n) is 16.7. The van der Waals surface area contributed by atoms with Crippen LogP contribution in [0.3, 0.4) is 0 Å². The van der Waals surface area contributed by atoms with Crippen LogP contribution in [0.15, 0.2) is 160 Å². The minimum atomic E-state index is 0.570. The van der Waals surface area contributed by atoms with Gasteiger partial charge in [0.05, 0.1) is 0 Å². The summed E-state index contributed by atoms with van der Waals surface area (Å²) in [5.41, 5.74) is 5.91. The first-order chi connectivity index (χ1) is 24.7. The quantitative estimate of drug-likeness (QED) is 0.180. The van der Waals surface area contributed by atoms with E-state index in [2.05, 4.69) is 97.1 Å². The van der Waals surface area contributed by atoms with Gasteiger partial charge in [-0.05, 0) is 68.7 Å². The van der Waals surface area contributed by atoms with Gasteiger partial charge in [0.25, 0.3) is 0 Å². The highest BCUT2D eigenvalue weighted by molar-refractivity contribution is 6.20. The average Bonchev–Trinajstić information content (AvgIpc) is 3.75. The number of aromatic nitrogens is 3. The Hall–Kier alpha value is -6.85. The van der Waals surface area contributed by atoms with Crippen molar-refractivity contribution in [1.82, 2.24) is 15.0 Å². The van der Waals surface area contributed by atoms with E-state index < -0.39 is 0 Å². The number of hydrogen-bond donors (Lipinski definition) is 0. The second kappa shape index (κ2) is 10.3. The molecule has 0 N–H and O–H groups in total. The summed E-state index contributed by atoms with van der Waals surface area (Å²) in [4.78, 5) is 15.5. The van der Waals surface area contributed by atoms with Gasteiger partial charge in [0, 0.05) is 38.2 Å². The molecule has 11 aromatic rings. The Balaban J connectivity index is 1.19. The van der Waals surface area contributed by atoms with Crippen LogP contribution in [0.1, 0.15) is 0 Å². The third-order valence-electron chi connectivity index (χ3n) is 9.90. The van der Waals surface area contributed by atoms with Crippen LogP contribution in [-0.2, 0) is 0 Å². The number of benzene rings is 8. The van der Waals surface area contributed by atoms with E-state index in [0.717, 1.165) is 71.3 Å². The zero-order valence-electron chi connectivity index (χ0n) is 26.6. The van der Waals surface area contributed by atoms with Gasteiger partial charge in [-0.2, -0.15) is 0 Å². The third-order valence-corrected chi connectivity index (χ3v) is 9.90. The topological polar surface area (TPSA) is 65.0 Å². The largest absolute Gasteiger partial charge is 0.456 e. The van der Waals surface area contributed by atoms with Gasteiger partial charge in [-0.1, -0.05) is 115 Å². The Morgan fingerprint density at radius 2 is 0.880 bits per heavy atom. The van der Waals surface area contributed by atoms with Crippen molar-refractivity contribution in [2.75, 3.05) is 0 Å². The van der Waals surface area contributed by atoms with E-state index in [-0.39, 0.29) is 0 Å². The lowest BCUT2D eigenvalue weighted by atomic mass is 9.95. The highest BCUT2D eigenvalue weighted by Crippen LogP contribution is 2.39. The van der Waals surface area contributed by atoms with Crippen molar-refractivity contribution in [1.29, 1.82) is 0 Å². The first-order valence-corrected chi connectivity index (χ1v) is 16.7. The normalized spacial score (nSPS) is 12.0. The van der Waals surface area contributed by atoms with Gasteiger partial charge in [-0.3, -0.25) is 0 Å². The van der Waals surface area contributed by atoms with E-state index in [1.807, 2.05) is 54.6 Å². The average molecular weight is 640 g/mol. The number of nitrogens with zero attached hydrogens (tertiary/aromatic N) is 3. The molecule has 11 rings (SSSR count). The molecule has 5 heteroatoms. The van der Waals surface area contributed by atoms with Crippen LogP contribution in [0.2, 0.25) is 0 Å². The zero-order chi connectivity index (χ0) is 32.8. The fourth-order valence-electron chi connectivity index (χ4n) is 7.55. The SMILES string of the molecule is c1ccc2c(c1)ccc1ccc3ccc(-c4nc(-c5ccc6c(c5)oc5ccccc56)nc(-c5cccc6oc7ccccc7c56)n4)cc3c12. The third kappa shape index (κ3) is 4.04. The van der Waals surface area contributed by atoms with Crippen LogP contribution < -0.4 is 0 Å². The number of fused-ring (bicyclic) bond motifs is 11. The number of furan rings is 2. The van der Waals surface area contributed by atoms with Crippen molar-refractivity contribution in [2.24, 2.45) is 0 Å². The maximum Gasteiger partial charge on any atom is 0.164 e. The lowest BCUT2D eigenvalue weighted by Gasteiger charge is -2.12. The highest BCUT2D eigenvalue weighted by atomic mass is 16.3. The molecule has 0 unspecified atom stereocenters. The predicted octanol–water partition coefficient (Wildman–Crippen LogP) is 12.1. The summed E-state index contributed by atoms with van der Waals surface area (Å²) in [5.74, 6) is 1.74. The van der Waals surface area contributed by atoms with E-state index >= 15 is 0 Å². The van der Waals surface area contributed by atoms with E-state index in [1.165, 1.54) is 21.5 Å². The van der Waals surface area contributed by atoms with Gasteiger partial charge in [0.15, 0.2) is 17.5 Å². The Kier molecular flexibility index (Phi) is 5.60. The molecule has 50 heavy (non-hydrogen) atoms. The Labute approximate surface area is 285 Å². The summed E-state index contributed by atoms with van der Waals surface area (Å²) in [7, 11) is 0. The van der Waals surface area contributed by atoms with Gasteiger partial charge < -0.3 is 8.83 Å². The lowest BCUT2D eigenvalue weighted by molar-refractivity contribution is 0.668. The molecule has 232 valence electrons. The van der Waals surface area contributed by atoms with E-state index in [1.54, 1.807) is 0 Å². The second-order valence-electron chi connectivity index (χ2n) is 12.8. The molecule has 0 radical (unpaired) electrons. The minimum Gasteiger partial charge on any atom is -0.456 e. The number of rotatable bonds is 3. The molecule has 0 bridgehead atoms. The van der Waals surface area contributed by atoms with Gasteiger partial charge >= 0.3 is 0 Å². The number of hydrogen-bond acceptors (Lipinski definition) is 5. The van der Waals surface area contributed by atoms with E-state index in [9.17, 15) is 0 Å². The molecule has 0 amide bonds. The molecule has 0 atom stereocenters. The molecule has 0 aliphatic heterocycles. The zero-order valence-corrected chi connectivity index (χ0v) is 26.6. The summed E-state index contributed by atoms with van der Waals surface area (Å²) >= 11 is 0. The fourth-order valence-corrected chi connectivity index (χ4v) is 7.55. The van der Waals surface area contributed by atoms with E-state index in [4.69, 9.17) is 23.8 Å². The molecule has 8 aromatic carbocycles. The monoisotopic (exact) mass is 639 g/mol. The number of para-hydroxylation sites is 2. The standard InChI is InChI=1S/C45H25N3O2/c1-2-9-31-26(8-1)16-19-28-20-17-27-18-21-29(24-36(27)41(28)31)43-46-44(30-22-23-33-32-10-3-5-13-37(32)50-40(33)25-30)48-45(47-43)35-12-7-15-39-42(35)34-11-4-6-14-38(34)49-39/h1-25H. The smallest absolute Gasteiger partial charge is 0.164 e. The first kappa shape index (κ1) is 27.1. The predicted molar refractivity (Wildman–Crippen MR) is 203 cm³/mol. The fraction of sp³-hybridized carbons (Fsp3) is 0. The maximum atomic E-state index is 6.28. The Bertz CT molecular complexity index is 3170. The second-order valence-corrected chi connectivity index (χ2v) is 12.8. The van der Waals surface area contributed by atoms with Crippen molar-refractivity contribution >= 4 is 76.2 Å². The van der Waals surface area contributed by atoms with E-state index in [0.29, 0.717) is 17.5 Å². The van der Waals surface area contributed by atoms with Crippen LogP contribution in [0.4, 0.5) is 0 Å². The van der Waals surface area contributed by atoms with Crippen molar-refractivity contribution < 1.29 is 8.83 Å². The van der Waals surface area contributed by atoms with Gasteiger partial charge in [0.1, 0.15) is 22.3 Å². The molecule has 5 nitrogen and oxygen atoms in total. The van der Waals surface area contributed by atoms with Crippen molar-refractivity contribution in [3.05, 3.63) is 152 Å². The summed E-state index contributed by atoms with van der Waals surface area (Å²) in [5, 5.41) is 11.3. The van der Waals surface area contributed by atoms with Crippen molar-refractivity contribution in [3.8, 4) is 34.2 Å². The van der Waals surface area contributed by atoms with Gasteiger partial charge in [-0.15, -0.1) is 0 Å². The van der Waals surface area contributed by atoms with Gasteiger partial charge in [-0.25, -0.2) is 15.0 Å².